The molecule has 2 aliphatic rings. The number of piperazine rings is 1. The van der Waals surface area contributed by atoms with Gasteiger partial charge in [-0.15, -0.1) is 0 Å². The van der Waals surface area contributed by atoms with Crippen molar-refractivity contribution in [3.8, 4) is 0 Å². The molecule has 1 amide bonds. The quantitative estimate of drug-likeness (QED) is 0.843. The van der Waals surface area contributed by atoms with E-state index in [2.05, 4.69) is 32.7 Å². The average molecular weight is 335 g/mol. The molecule has 3 rings (SSSR count). The lowest BCUT2D eigenvalue weighted by Crippen LogP contribution is -2.44. The van der Waals surface area contributed by atoms with Crippen molar-refractivity contribution in [2.24, 2.45) is 5.92 Å². The molecule has 2 fully saturated rings. The molecule has 1 aliphatic heterocycles. The summed E-state index contributed by atoms with van der Waals surface area (Å²) >= 11 is 0. The van der Waals surface area contributed by atoms with Crippen LogP contribution in [0.4, 0.5) is 0 Å². The number of aromatic nitrogens is 2. The molecule has 2 atom stereocenters. The van der Waals surface area contributed by atoms with E-state index in [0.717, 1.165) is 38.3 Å². The molecular formula is C17H29N5O2. The Morgan fingerprint density at radius 3 is 2.96 bits per heavy atom. The normalized spacial score (nSPS) is 24.7. The summed E-state index contributed by atoms with van der Waals surface area (Å²) in [5.74, 6) is 1.69. The number of carbonyl (C=O) groups is 1. The lowest BCUT2D eigenvalue weighted by molar-refractivity contribution is -0.126. The van der Waals surface area contributed by atoms with Crippen LogP contribution in [-0.4, -0.2) is 53.7 Å². The van der Waals surface area contributed by atoms with Crippen molar-refractivity contribution in [2.75, 3.05) is 26.7 Å². The summed E-state index contributed by atoms with van der Waals surface area (Å²) in [6.07, 6.45) is 6.21. The third kappa shape index (κ3) is 4.33. The second-order valence-electron chi connectivity index (χ2n) is 7.20. The zero-order chi connectivity index (χ0) is 16.9. The second-order valence-corrected chi connectivity index (χ2v) is 7.20. The maximum Gasteiger partial charge on any atom is 0.228 e. The van der Waals surface area contributed by atoms with Crippen LogP contribution in [0.15, 0.2) is 4.52 Å². The third-order valence-electron chi connectivity index (χ3n) is 5.14. The van der Waals surface area contributed by atoms with Crippen molar-refractivity contribution in [1.29, 1.82) is 0 Å². The minimum absolute atomic E-state index is 0.00920. The molecular weight excluding hydrogens is 306 g/mol. The Hall–Kier alpha value is -1.47. The number of amides is 1. The van der Waals surface area contributed by atoms with Gasteiger partial charge in [-0.2, -0.15) is 4.98 Å². The Bertz CT molecular complexity index is 541. The SMILES string of the molecule is CC(Cc1nc(C2CNCCN2C)no1)NC(=O)C1CCCCC1. The molecule has 0 aromatic carbocycles. The van der Waals surface area contributed by atoms with Gasteiger partial charge in [-0.1, -0.05) is 24.4 Å². The standard InChI is InChI=1S/C17H29N5O2/c1-12(19-17(23)13-6-4-3-5-7-13)10-15-20-16(21-24-15)14-11-18-8-9-22(14)2/h12-14,18H,3-11H2,1-2H3,(H,19,23). The fourth-order valence-electron chi connectivity index (χ4n) is 3.62. The van der Waals surface area contributed by atoms with Crippen molar-refractivity contribution >= 4 is 5.91 Å². The van der Waals surface area contributed by atoms with Crippen LogP contribution in [-0.2, 0) is 11.2 Å². The summed E-state index contributed by atoms with van der Waals surface area (Å²) in [7, 11) is 2.08. The average Bonchev–Trinajstić information content (AvgIpc) is 3.04. The molecule has 2 unspecified atom stereocenters. The van der Waals surface area contributed by atoms with Gasteiger partial charge in [0.1, 0.15) is 0 Å². The molecule has 2 N–H and O–H groups in total. The van der Waals surface area contributed by atoms with Crippen LogP contribution in [0.25, 0.3) is 0 Å². The summed E-state index contributed by atoms with van der Waals surface area (Å²) in [4.78, 5) is 19.1. The Labute approximate surface area is 143 Å². The lowest BCUT2D eigenvalue weighted by Gasteiger charge is -2.30. The van der Waals surface area contributed by atoms with E-state index in [1.807, 2.05) is 6.92 Å². The molecule has 24 heavy (non-hydrogen) atoms. The molecule has 1 aliphatic carbocycles. The number of hydrogen-bond donors (Lipinski definition) is 2. The van der Waals surface area contributed by atoms with E-state index in [9.17, 15) is 4.79 Å². The van der Waals surface area contributed by atoms with Crippen LogP contribution in [0.2, 0.25) is 0 Å². The highest BCUT2D eigenvalue weighted by molar-refractivity contribution is 5.78. The molecule has 0 bridgehead atoms. The Balaban J connectivity index is 1.51. The van der Waals surface area contributed by atoms with Gasteiger partial charge < -0.3 is 15.2 Å². The Kier molecular flexibility index (Phi) is 5.84. The number of hydrogen-bond acceptors (Lipinski definition) is 6. The van der Waals surface area contributed by atoms with E-state index in [1.54, 1.807) is 0 Å². The molecule has 1 aromatic rings. The molecule has 1 saturated heterocycles. The second kappa shape index (κ2) is 8.07. The van der Waals surface area contributed by atoms with E-state index in [1.165, 1.54) is 19.3 Å². The van der Waals surface area contributed by atoms with Crippen molar-refractivity contribution in [2.45, 2.75) is 57.5 Å². The van der Waals surface area contributed by atoms with Gasteiger partial charge in [-0.3, -0.25) is 9.69 Å². The Morgan fingerprint density at radius 1 is 1.42 bits per heavy atom. The van der Waals surface area contributed by atoms with Gasteiger partial charge in [0.25, 0.3) is 0 Å². The van der Waals surface area contributed by atoms with E-state index in [4.69, 9.17) is 4.52 Å². The van der Waals surface area contributed by atoms with Gasteiger partial charge in [0.2, 0.25) is 11.8 Å². The highest BCUT2D eigenvalue weighted by atomic mass is 16.5. The van der Waals surface area contributed by atoms with Crippen LogP contribution < -0.4 is 10.6 Å². The topological polar surface area (TPSA) is 83.3 Å². The van der Waals surface area contributed by atoms with Crippen molar-refractivity contribution < 1.29 is 9.32 Å². The first-order valence-electron chi connectivity index (χ1n) is 9.17. The zero-order valence-electron chi connectivity index (χ0n) is 14.8. The fraction of sp³-hybridized carbons (Fsp3) is 0.824. The molecule has 7 heteroatoms. The van der Waals surface area contributed by atoms with E-state index in [-0.39, 0.29) is 23.9 Å². The lowest BCUT2D eigenvalue weighted by atomic mass is 9.88. The number of nitrogens with one attached hydrogen (secondary N) is 2. The first kappa shape index (κ1) is 17.4. The predicted octanol–water partition coefficient (Wildman–Crippen LogP) is 1.27. The maximum atomic E-state index is 12.3. The van der Waals surface area contributed by atoms with Gasteiger partial charge in [-0.25, -0.2) is 0 Å². The zero-order valence-corrected chi connectivity index (χ0v) is 14.8. The third-order valence-corrected chi connectivity index (χ3v) is 5.14. The van der Waals surface area contributed by atoms with Crippen LogP contribution >= 0.6 is 0 Å². The van der Waals surface area contributed by atoms with Crippen LogP contribution in [0.1, 0.15) is 56.8 Å². The molecule has 134 valence electrons. The summed E-state index contributed by atoms with van der Waals surface area (Å²) in [5.41, 5.74) is 0. The van der Waals surface area contributed by atoms with E-state index >= 15 is 0 Å². The fourth-order valence-corrected chi connectivity index (χ4v) is 3.62. The van der Waals surface area contributed by atoms with Crippen LogP contribution in [0.5, 0.6) is 0 Å². The predicted molar refractivity (Wildman–Crippen MR) is 90.4 cm³/mol. The number of carbonyl (C=O) groups excluding carboxylic acids is 1. The number of nitrogens with zero attached hydrogens (tertiary/aromatic N) is 3. The monoisotopic (exact) mass is 335 g/mol. The summed E-state index contributed by atoms with van der Waals surface area (Å²) in [6, 6.07) is 0.165. The smallest absolute Gasteiger partial charge is 0.228 e. The summed E-state index contributed by atoms with van der Waals surface area (Å²) in [5, 5.41) is 10.6. The van der Waals surface area contributed by atoms with Crippen molar-refractivity contribution in [3.63, 3.8) is 0 Å². The molecule has 1 aromatic heterocycles. The highest BCUT2D eigenvalue weighted by Crippen LogP contribution is 2.24. The minimum Gasteiger partial charge on any atom is -0.353 e. The Morgan fingerprint density at radius 2 is 2.21 bits per heavy atom. The minimum atomic E-state index is 0.00920. The summed E-state index contributed by atoms with van der Waals surface area (Å²) in [6.45, 7) is 4.80. The molecule has 2 heterocycles. The van der Waals surface area contributed by atoms with E-state index in [0.29, 0.717) is 12.3 Å². The summed E-state index contributed by atoms with van der Waals surface area (Å²) < 4.78 is 5.40. The number of rotatable bonds is 5. The van der Waals surface area contributed by atoms with Crippen molar-refractivity contribution in [3.05, 3.63) is 11.7 Å². The van der Waals surface area contributed by atoms with Gasteiger partial charge in [0, 0.05) is 38.0 Å². The van der Waals surface area contributed by atoms with Gasteiger partial charge in [0.15, 0.2) is 5.82 Å². The van der Waals surface area contributed by atoms with Crippen molar-refractivity contribution in [1.82, 2.24) is 25.7 Å². The maximum absolute atomic E-state index is 12.3. The molecule has 0 radical (unpaired) electrons. The first-order valence-corrected chi connectivity index (χ1v) is 9.17. The largest absolute Gasteiger partial charge is 0.353 e. The van der Waals surface area contributed by atoms with Crippen LogP contribution in [0, 0.1) is 5.92 Å². The molecule has 0 spiro atoms. The van der Waals surface area contributed by atoms with Gasteiger partial charge in [-0.05, 0) is 26.8 Å². The van der Waals surface area contributed by atoms with Gasteiger partial charge in [0.05, 0.1) is 6.04 Å². The molecule has 1 saturated carbocycles. The highest BCUT2D eigenvalue weighted by Gasteiger charge is 2.26. The first-order chi connectivity index (χ1) is 11.6. The molecule has 7 nitrogen and oxygen atoms in total. The van der Waals surface area contributed by atoms with E-state index < -0.39 is 0 Å². The van der Waals surface area contributed by atoms with Crippen LogP contribution in [0.3, 0.4) is 0 Å². The van der Waals surface area contributed by atoms with Gasteiger partial charge >= 0.3 is 0 Å². The number of likely N-dealkylation sites (N-methyl/N-ethyl adjacent to an activating group) is 1.